The van der Waals surface area contributed by atoms with Crippen molar-refractivity contribution in [3.8, 4) is 0 Å². The van der Waals surface area contributed by atoms with Gasteiger partial charge in [-0.15, -0.1) is 0 Å². The summed E-state index contributed by atoms with van der Waals surface area (Å²) in [6.07, 6.45) is 3.98. The third-order valence-electron chi connectivity index (χ3n) is 3.62. The molecule has 0 bridgehead atoms. The van der Waals surface area contributed by atoms with Gasteiger partial charge in [0.15, 0.2) is 0 Å². The van der Waals surface area contributed by atoms with Crippen molar-refractivity contribution in [3.05, 3.63) is 58.3 Å². The van der Waals surface area contributed by atoms with Crippen molar-refractivity contribution in [1.82, 2.24) is 4.90 Å². The van der Waals surface area contributed by atoms with E-state index in [0.29, 0.717) is 38.7 Å². The van der Waals surface area contributed by atoms with E-state index >= 15 is 0 Å². The number of thioether (sulfide) groups is 1. The fourth-order valence-electron chi connectivity index (χ4n) is 2.37. The number of amides is 2. The van der Waals surface area contributed by atoms with E-state index in [-0.39, 0.29) is 18.2 Å². The first-order chi connectivity index (χ1) is 12.5. The SMILES string of the molecule is O=C(CCCN1C(=O)/C(=C\c2ccco2)SC1=S)Nc1ccccc1Cl. The van der Waals surface area contributed by atoms with Gasteiger partial charge < -0.3 is 9.73 Å². The van der Waals surface area contributed by atoms with Crippen molar-refractivity contribution in [2.24, 2.45) is 0 Å². The normalized spacial score (nSPS) is 15.7. The highest BCUT2D eigenvalue weighted by Crippen LogP contribution is 2.32. The van der Waals surface area contributed by atoms with Gasteiger partial charge in [0.2, 0.25) is 5.91 Å². The number of anilines is 1. The third-order valence-corrected chi connectivity index (χ3v) is 5.33. The van der Waals surface area contributed by atoms with Crippen LogP contribution in [0.3, 0.4) is 0 Å². The number of thiocarbonyl (C=S) groups is 1. The van der Waals surface area contributed by atoms with Crippen LogP contribution in [0.15, 0.2) is 52.0 Å². The molecule has 1 saturated heterocycles. The van der Waals surface area contributed by atoms with Crippen LogP contribution in [0.1, 0.15) is 18.6 Å². The molecule has 2 heterocycles. The molecule has 1 aliphatic heterocycles. The minimum Gasteiger partial charge on any atom is -0.465 e. The Morgan fingerprint density at radius 1 is 1.31 bits per heavy atom. The molecule has 8 heteroatoms. The second-order valence-electron chi connectivity index (χ2n) is 5.48. The summed E-state index contributed by atoms with van der Waals surface area (Å²) in [4.78, 5) is 26.5. The summed E-state index contributed by atoms with van der Waals surface area (Å²) in [6.45, 7) is 0.385. The summed E-state index contributed by atoms with van der Waals surface area (Å²) in [5.74, 6) is 0.280. The molecule has 2 amide bonds. The first-order valence-electron chi connectivity index (χ1n) is 7.88. The number of furan rings is 1. The molecule has 1 fully saturated rings. The fraction of sp³-hybridized carbons (Fsp3) is 0.167. The highest BCUT2D eigenvalue weighted by molar-refractivity contribution is 8.26. The summed E-state index contributed by atoms with van der Waals surface area (Å²) in [5.41, 5.74) is 0.575. The maximum absolute atomic E-state index is 12.4. The van der Waals surface area contributed by atoms with Crippen molar-refractivity contribution in [2.75, 3.05) is 11.9 Å². The van der Waals surface area contributed by atoms with Gasteiger partial charge in [-0.3, -0.25) is 14.5 Å². The first-order valence-corrected chi connectivity index (χ1v) is 9.48. The number of halogens is 1. The lowest BCUT2D eigenvalue weighted by molar-refractivity contribution is -0.122. The number of benzene rings is 1. The van der Waals surface area contributed by atoms with E-state index in [9.17, 15) is 9.59 Å². The van der Waals surface area contributed by atoms with Crippen LogP contribution in [0.25, 0.3) is 6.08 Å². The van der Waals surface area contributed by atoms with Crippen LogP contribution in [-0.4, -0.2) is 27.6 Å². The van der Waals surface area contributed by atoms with Crippen molar-refractivity contribution < 1.29 is 14.0 Å². The lowest BCUT2D eigenvalue weighted by Crippen LogP contribution is -2.29. The quantitative estimate of drug-likeness (QED) is 0.563. The largest absolute Gasteiger partial charge is 0.465 e. The van der Waals surface area contributed by atoms with Crippen LogP contribution in [0.2, 0.25) is 5.02 Å². The van der Waals surface area contributed by atoms with E-state index in [1.807, 2.05) is 0 Å². The van der Waals surface area contributed by atoms with Crippen molar-refractivity contribution in [2.45, 2.75) is 12.8 Å². The topological polar surface area (TPSA) is 62.6 Å². The molecule has 1 aliphatic rings. The lowest BCUT2D eigenvalue weighted by atomic mass is 10.2. The van der Waals surface area contributed by atoms with Gasteiger partial charge in [0.25, 0.3) is 5.91 Å². The maximum atomic E-state index is 12.4. The minimum atomic E-state index is -0.164. The molecule has 26 heavy (non-hydrogen) atoms. The monoisotopic (exact) mass is 406 g/mol. The minimum absolute atomic E-state index is 0.158. The Balaban J connectivity index is 1.52. The molecule has 5 nitrogen and oxygen atoms in total. The van der Waals surface area contributed by atoms with Gasteiger partial charge in [0.1, 0.15) is 10.1 Å². The second kappa shape index (κ2) is 8.53. The zero-order chi connectivity index (χ0) is 18.5. The van der Waals surface area contributed by atoms with E-state index in [1.54, 1.807) is 48.7 Å². The molecule has 0 saturated carbocycles. The van der Waals surface area contributed by atoms with Crippen molar-refractivity contribution in [3.63, 3.8) is 0 Å². The standard InChI is InChI=1S/C18H15ClN2O3S2/c19-13-6-1-2-7-14(13)20-16(22)8-3-9-21-17(23)15(26-18(21)25)11-12-5-4-10-24-12/h1-2,4-7,10-11H,3,8-9H2,(H,20,22)/b15-11+. The molecule has 1 N–H and O–H groups in total. The molecule has 2 aromatic rings. The molecule has 1 aromatic heterocycles. The van der Waals surface area contributed by atoms with Gasteiger partial charge in [0.05, 0.1) is 21.9 Å². The molecule has 1 aromatic carbocycles. The van der Waals surface area contributed by atoms with E-state index in [2.05, 4.69) is 5.32 Å². The van der Waals surface area contributed by atoms with Gasteiger partial charge in [0, 0.05) is 19.0 Å². The van der Waals surface area contributed by atoms with Gasteiger partial charge in [-0.05, 0) is 30.7 Å². The summed E-state index contributed by atoms with van der Waals surface area (Å²) in [5, 5.41) is 3.25. The Morgan fingerprint density at radius 2 is 2.12 bits per heavy atom. The molecule has 0 unspecified atom stereocenters. The number of nitrogens with one attached hydrogen (secondary N) is 1. The Labute approximate surface area is 165 Å². The third kappa shape index (κ3) is 4.55. The van der Waals surface area contributed by atoms with E-state index < -0.39 is 0 Å². The van der Waals surface area contributed by atoms with Crippen LogP contribution in [0.5, 0.6) is 0 Å². The van der Waals surface area contributed by atoms with Crippen molar-refractivity contribution >= 4 is 63.5 Å². The summed E-state index contributed by atoms with van der Waals surface area (Å²) in [6, 6.07) is 10.6. The Bertz CT molecular complexity index is 865. The number of carbonyl (C=O) groups is 2. The summed E-state index contributed by atoms with van der Waals surface area (Å²) in [7, 11) is 0. The predicted molar refractivity (Wildman–Crippen MR) is 108 cm³/mol. The van der Waals surface area contributed by atoms with E-state index in [0.717, 1.165) is 0 Å². The van der Waals surface area contributed by atoms with Crippen LogP contribution in [-0.2, 0) is 9.59 Å². The molecule has 3 rings (SSSR count). The predicted octanol–water partition coefficient (Wildman–Crippen LogP) is 4.55. The molecule has 0 radical (unpaired) electrons. The average Bonchev–Trinajstić information content (AvgIpc) is 3.21. The van der Waals surface area contributed by atoms with Gasteiger partial charge in [-0.1, -0.05) is 47.7 Å². The number of para-hydroxylation sites is 1. The Hall–Kier alpha value is -2.09. The Kier molecular flexibility index (Phi) is 6.13. The first kappa shape index (κ1) is 18.7. The van der Waals surface area contributed by atoms with Crippen LogP contribution < -0.4 is 5.32 Å². The number of carbonyl (C=O) groups excluding carboxylic acids is 2. The molecular weight excluding hydrogens is 392 g/mol. The molecule has 0 aliphatic carbocycles. The van der Waals surface area contributed by atoms with Gasteiger partial charge in [-0.25, -0.2) is 0 Å². The summed E-state index contributed by atoms with van der Waals surface area (Å²) >= 11 is 12.5. The number of nitrogens with zero attached hydrogens (tertiary/aromatic N) is 1. The maximum Gasteiger partial charge on any atom is 0.266 e. The number of rotatable bonds is 6. The zero-order valence-electron chi connectivity index (χ0n) is 13.6. The molecular formula is C18H15ClN2O3S2. The van der Waals surface area contributed by atoms with Crippen molar-refractivity contribution in [1.29, 1.82) is 0 Å². The number of hydrogen-bond donors (Lipinski definition) is 1. The van der Waals surface area contributed by atoms with Gasteiger partial charge >= 0.3 is 0 Å². The van der Waals surface area contributed by atoms with E-state index in [4.69, 9.17) is 28.2 Å². The fourth-order valence-corrected chi connectivity index (χ4v) is 3.84. The smallest absolute Gasteiger partial charge is 0.266 e. The van der Waals surface area contributed by atoms with Gasteiger partial charge in [-0.2, -0.15) is 0 Å². The lowest BCUT2D eigenvalue weighted by Gasteiger charge is -2.14. The van der Waals surface area contributed by atoms with E-state index in [1.165, 1.54) is 16.7 Å². The second-order valence-corrected chi connectivity index (χ2v) is 7.56. The molecule has 0 spiro atoms. The van der Waals surface area contributed by atoms with Crippen LogP contribution >= 0.6 is 35.6 Å². The average molecular weight is 407 g/mol. The molecule has 0 atom stereocenters. The summed E-state index contributed by atoms with van der Waals surface area (Å²) < 4.78 is 5.71. The highest BCUT2D eigenvalue weighted by atomic mass is 35.5. The van der Waals surface area contributed by atoms with Crippen LogP contribution in [0, 0.1) is 0 Å². The molecule has 134 valence electrons. The number of hydrogen-bond acceptors (Lipinski definition) is 5. The van der Waals surface area contributed by atoms with Crippen LogP contribution in [0.4, 0.5) is 5.69 Å². The Morgan fingerprint density at radius 3 is 2.85 bits per heavy atom. The zero-order valence-corrected chi connectivity index (χ0v) is 16.0. The highest BCUT2D eigenvalue weighted by Gasteiger charge is 2.31.